The summed E-state index contributed by atoms with van der Waals surface area (Å²) in [6, 6.07) is 0. The van der Waals surface area contributed by atoms with Gasteiger partial charge in [0.1, 0.15) is 0 Å². The molecule has 1 aliphatic rings. The minimum Gasteiger partial charge on any atom is -0.0776 e. The van der Waals surface area contributed by atoms with Gasteiger partial charge < -0.3 is 0 Å². The highest BCUT2D eigenvalue weighted by atomic mass is 14.3. The van der Waals surface area contributed by atoms with E-state index in [1.807, 2.05) is 13.8 Å². The highest BCUT2D eigenvalue weighted by molar-refractivity contribution is 4.73. The smallest absolute Gasteiger partial charge is 0.0386 e. The predicted octanol–water partition coefficient (Wildman–Crippen LogP) is 7.72. The molecule has 0 saturated heterocycles. The third kappa shape index (κ3) is 14.1. The molecule has 0 aromatic carbocycles. The SMILES string of the molecule is C.C.CC.CCC.CCCC1CCCC[C@H]1CC. The lowest BCUT2D eigenvalue weighted by Crippen LogP contribution is -2.18. The van der Waals surface area contributed by atoms with Crippen molar-refractivity contribution in [1.82, 2.24) is 0 Å². The maximum absolute atomic E-state index is 2.36. The van der Waals surface area contributed by atoms with E-state index < -0.39 is 0 Å². The summed E-state index contributed by atoms with van der Waals surface area (Å²) in [5, 5.41) is 0. The van der Waals surface area contributed by atoms with Gasteiger partial charge in [-0.2, -0.15) is 0 Å². The van der Waals surface area contributed by atoms with Crippen LogP contribution in [0.1, 0.15) is 108 Å². The minimum atomic E-state index is 0. The van der Waals surface area contributed by atoms with Crippen molar-refractivity contribution in [2.45, 2.75) is 108 Å². The Labute approximate surface area is 120 Å². The summed E-state index contributed by atoms with van der Waals surface area (Å²) in [4.78, 5) is 0. The van der Waals surface area contributed by atoms with Crippen LogP contribution in [0.4, 0.5) is 0 Å². The van der Waals surface area contributed by atoms with Crippen molar-refractivity contribution in [3.05, 3.63) is 0 Å². The van der Waals surface area contributed by atoms with Gasteiger partial charge >= 0.3 is 0 Å². The molecular weight excluding hydrogens is 216 g/mol. The molecule has 18 heavy (non-hydrogen) atoms. The highest BCUT2D eigenvalue weighted by Crippen LogP contribution is 2.34. The molecule has 2 atom stereocenters. The van der Waals surface area contributed by atoms with Gasteiger partial charge in [0.25, 0.3) is 0 Å². The molecular formula is C18H44. The minimum absolute atomic E-state index is 0. The van der Waals surface area contributed by atoms with E-state index in [-0.39, 0.29) is 14.9 Å². The van der Waals surface area contributed by atoms with Crippen molar-refractivity contribution in [3.8, 4) is 0 Å². The normalized spacial score (nSPS) is 21.0. The van der Waals surface area contributed by atoms with E-state index in [4.69, 9.17) is 0 Å². The number of rotatable bonds is 3. The lowest BCUT2D eigenvalue weighted by Gasteiger charge is -2.30. The fraction of sp³-hybridized carbons (Fsp3) is 1.00. The second-order valence-corrected chi connectivity index (χ2v) is 4.71. The zero-order valence-electron chi connectivity index (χ0n) is 12.8. The maximum atomic E-state index is 2.36. The van der Waals surface area contributed by atoms with E-state index in [1.54, 1.807) is 0 Å². The van der Waals surface area contributed by atoms with Crippen LogP contribution in [0.2, 0.25) is 0 Å². The molecule has 0 aromatic heterocycles. The molecule has 0 heteroatoms. The van der Waals surface area contributed by atoms with Crippen molar-refractivity contribution < 1.29 is 0 Å². The summed E-state index contributed by atoms with van der Waals surface area (Å²) in [5.41, 5.74) is 0. The Balaban J connectivity index is -0.000000124. The molecule has 0 radical (unpaired) electrons. The lowest BCUT2D eigenvalue weighted by molar-refractivity contribution is 0.216. The molecule has 0 amide bonds. The van der Waals surface area contributed by atoms with Crippen LogP contribution in [-0.2, 0) is 0 Å². The molecule has 0 aliphatic heterocycles. The van der Waals surface area contributed by atoms with Gasteiger partial charge in [0.05, 0.1) is 0 Å². The van der Waals surface area contributed by atoms with Gasteiger partial charge in [0.15, 0.2) is 0 Å². The summed E-state index contributed by atoms with van der Waals surface area (Å²) in [7, 11) is 0. The van der Waals surface area contributed by atoms with E-state index in [9.17, 15) is 0 Å². The van der Waals surface area contributed by atoms with Gasteiger partial charge in [-0.15, -0.1) is 0 Å². The number of hydrogen-bond acceptors (Lipinski definition) is 0. The van der Waals surface area contributed by atoms with Crippen molar-refractivity contribution in [2.24, 2.45) is 11.8 Å². The molecule has 0 heterocycles. The third-order valence-electron chi connectivity index (χ3n) is 3.25. The fourth-order valence-electron chi connectivity index (χ4n) is 2.57. The first-order valence-electron chi connectivity index (χ1n) is 7.79. The summed E-state index contributed by atoms with van der Waals surface area (Å²) >= 11 is 0. The molecule has 0 spiro atoms. The second-order valence-electron chi connectivity index (χ2n) is 4.71. The Morgan fingerprint density at radius 1 is 0.778 bits per heavy atom. The Morgan fingerprint density at radius 2 is 1.17 bits per heavy atom. The first kappa shape index (κ1) is 26.5. The van der Waals surface area contributed by atoms with Crippen LogP contribution < -0.4 is 0 Å². The molecule has 0 N–H and O–H groups in total. The number of hydrogen-bond donors (Lipinski definition) is 0. The van der Waals surface area contributed by atoms with E-state index in [1.165, 1.54) is 51.4 Å². The predicted molar refractivity (Wildman–Crippen MR) is 91.4 cm³/mol. The quantitative estimate of drug-likeness (QED) is 0.487. The van der Waals surface area contributed by atoms with E-state index >= 15 is 0 Å². The summed E-state index contributed by atoms with van der Waals surface area (Å²) in [6.45, 7) is 12.9. The van der Waals surface area contributed by atoms with Crippen LogP contribution in [0.5, 0.6) is 0 Å². The monoisotopic (exact) mass is 260 g/mol. The zero-order chi connectivity index (χ0) is 12.8. The Morgan fingerprint density at radius 3 is 1.50 bits per heavy atom. The molecule has 116 valence electrons. The Hall–Kier alpha value is 0. The largest absolute Gasteiger partial charge is 0.0776 e. The van der Waals surface area contributed by atoms with Crippen molar-refractivity contribution in [1.29, 1.82) is 0 Å². The highest BCUT2D eigenvalue weighted by Gasteiger charge is 2.22. The van der Waals surface area contributed by atoms with Crippen LogP contribution >= 0.6 is 0 Å². The van der Waals surface area contributed by atoms with Gasteiger partial charge in [-0.25, -0.2) is 0 Å². The molecule has 1 fully saturated rings. The Bertz CT molecular complexity index is 105. The molecule has 0 nitrogen and oxygen atoms in total. The molecule has 1 rings (SSSR count). The van der Waals surface area contributed by atoms with Crippen LogP contribution in [-0.4, -0.2) is 0 Å². The molecule has 0 bridgehead atoms. The maximum Gasteiger partial charge on any atom is -0.0386 e. The van der Waals surface area contributed by atoms with Gasteiger partial charge in [-0.1, -0.05) is 108 Å². The van der Waals surface area contributed by atoms with Gasteiger partial charge in [-0.05, 0) is 11.8 Å². The topological polar surface area (TPSA) is 0 Å². The fourth-order valence-corrected chi connectivity index (χ4v) is 2.57. The zero-order valence-corrected chi connectivity index (χ0v) is 12.8. The van der Waals surface area contributed by atoms with Crippen molar-refractivity contribution in [3.63, 3.8) is 0 Å². The van der Waals surface area contributed by atoms with E-state index in [0.717, 1.165) is 11.8 Å². The van der Waals surface area contributed by atoms with Crippen LogP contribution in [0.3, 0.4) is 0 Å². The van der Waals surface area contributed by atoms with Gasteiger partial charge in [0.2, 0.25) is 0 Å². The van der Waals surface area contributed by atoms with Crippen LogP contribution in [0, 0.1) is 11.8 Å². The van der Waals surface area contributed by atoms with Crippen LogP contribution in [0.15, 0.2) is 0 Å². The first-order valence-corrected chi connectivity index (χ1v) is 7.79. The average Bonchev–Trinajstić information content (AvgIpc) is 2.34. The van der Waals surface area contributed by atoms with E-state index in [2.05, 4.69) is 27.7 Å². The van der Waals surface area contributed by atoms with Gasteiger partial charge in [-0.3, -0.25) is 0 Å². The molecule has 0 aromatic rings. The average molecular weight is 261 g/mol. The Kier molecular flexibility index (Phi) is 32.7. The summed E-state index contributed by atoms with van der Waals surface area (Å²) in [6.07, 6.45) is 11.6. The third-order valence-corrected chi connectivity index (χ3v) is 3.25. The standard InChI is InChI=1S/C11H22.C3H8.C2H6.2CH4/c1-3-7-11-9-6-5-8-10(11)4-2;1-3-2;1-2;;/h10-11H,3-9H2,1-2H3;3H2,1-2H3;1-2H3;2*1H4/t10-,11?;;;;/m1..../s1. The van der Waals surface area contributed by atoms with Crippen molar-refractivity contribution in [2.75, 3.05) is 0 Å². The molecule has 1 aliphatic carbocycles. The van der Waals surface area contributed by atoms with E-state index in [0.29, 0.717) is 0 Å². The second kappa shape index (κ2) is 22.2. The lowest BCUT2D eigenvalue weighted by atomic mass is 9.76. The van der Waals surface area contributed by atoms with Crippen LogP contribution in [0.25, 0.3) is 0 Å². The molecule has 1 unspecified atom stereocenters. The first-order chi connectivity index (χ1) is 7.79. The van der Waals surface area contributed by atoms with Crippen molar-refractivity contribution >= 4 is 0 Å². The molecule has 1 saturated carbocycles. The summed E-state index contributed by atoms with van der Waals surface area (Å²) in [5.74, 6) is 2.16. The van der Waals surface area contributed by atoms with Gasteiger partial charge in [0, 0.05) is 0 Å². The summed E-state index contributed by atoms with van der Waals surface area (Å²) < 4.78 is 0.